The van der Waals surface area contributed by atoms with Crippen LogP contribution in [0.5, 0.6) is 0 Å². The maximum atomic E-state index is 14.8. The van der Waals surface area contributed by atoms with Gasteiger partial charge in [-0.15, -0.1) is 0 Å². The van der Waals surface area contributed by atoms with E-state index in [2.05, 4.69) is 5.32 Å². The highest BCUT2D eigenvalue weighted by Gasteiger charge is 2.39. The largest absolute Gasteiger partial charge is 0.376 e. The Bertz CT molecular complexity index is 1200. The lowest BCUT2D eigenvalue weighted by atomic mass is 9.79. The molecule has 6 nitrogen and oxygen atoms in total. The van der Waals surface area contributed by atoms with Gasteiger partial charge in [-0.3, -0.25) is 14.8 Å². The minimum atomic E-state index is -2.45. The molecule has 0 unspecified atom stereocenters. The average Bonchev–Trinajstić information content (AvgIpc) is 2.87. The van der Waals surface area contributed by atoms with Crippen LogP contribution in [0.1, 0.15) is 59.2 Å². The lowest BCUT2D eigenvalue weighted by Gasteiger charge is -2.31. The van der Waals surface area contributed by atoms with Crippen LogP contribution < -0.4 is 10.8 Å². The third-order valence-electron chi connectivity index (χ3n) is 5.95. The molecule has 0 saturated carbocycles. The van der Waals surface area contributed by atoms with Gasteiger partial charge in [0, 0.05) is 41.8 Å². The van der Waals surface area contributed by atoms with Crippen molar-refractivity contribution in [2.45, 2.75) is 37.7 Å². The van der Waals surface area contributed by atoms with Gasteiger partial charge in [0.05, 0.1) is 0 Å². The number of rotatable bonds is 11. The second-order valence-corrected chi connectivity index (χ2v) is 8.49. The molecule has 3 aromatic rings. The topological polar surface area (TPSA) is 98.7 Å². The maximum Gasteiger partial charge on any atom is 0.251 e. The fourth-order valence-corrected chi connectivity index (χ4v) is 4.01. The van der Waals surface area contributed by atoms with Gasteiger partial charge in [0.2, 0.25) is 5.91 Å². The van der Waals surface area contributed by atoms with Crippen LogP contribution in [0.3, 0.4) is 0 Å². The molecule has 196 valence electrons. The van der Waals surface area contributed by atoms with Crippen molar-refractivity contribution >= 4 is 11.8 Å². The summed E-state index contributed by atoms with van der Waals surface area (Å²) >= 11 is 0. The summed E-state index contributed by atoms with van der Waals surface area (Å²) < 4.78 is 56.6. The number of nitrogens with one attached hydrogen (secondary N) is 2. The van der Waals surface area contributed by atoms with Crippen molar-refractivity contribution < 1.29 is 37.5 Å². The smallest absolute Gasteiger partial charge is 0.251 e. The van der Waals surface area contributed by atoms with E-state index in [4.69, 9.17) is 5.21 Å². The van der Waals surface area contributed by atoms with Crippen LogP contribution in [0.4, 0.5) is 17.6 Å². The molecule has 37 heavy (non-hydrogen) atoms. The molecule has 0 bridgehead atoms. The first-order valence-electron chi connectivity index (χ1n) is 11.6. The molecule has 0 radical (unpaired) electrons. The van der Waals surface area contributed by atoms with Crippen molar-refractivity contribution in [3.05, 3.63) is 106 Å². The molecule has 0 spiro atoms. The van der Waals surface area contributed by atoms with Gasteiger partial charge in [0.25, 0.3) is 5.91 Å². The number of unbranched alkanes of at least 4 members (excludes halogenated alkanes) is 3. The Labute approximate surface area is 210 Å². The highest BCUT2D eigenvalue weighted by Crippen LogP contribution is 2.39. The predicted octanol–water partition coefficient (Wildman–Crippen LogP) is 4.71. The van der Waals surface area contributed by atoms with E-state index in [1.807, 2.05) is 0 Å². The summed E-state index contributed by atoms with van der Waals surface area (Å²) in [5, 5.41) is 22.8. The van der Waals surface area contributed by atoms with Gasteiger partial charge in [-0.2, -0.15) is 0 Å². The predicted molar refractivity (Wildman–Crippen MR) is 127 cm³/mol. The first-order valence-corrected chi connectivity index (χ1v) is 11.6. The van der Waals surface area contributed by atoms with Gasteiger partial charge in [0.1, 0.15) is 28.9 Å². The maximum absolute atomic E-state index is 14.8. The molecular formula is C27H26F4N2O4. The molecule has 4 N–H and O–H groups in total. The van der Waals surface area contributed by atoms with E-state index in [9.17, 15) is 32.3 Å². The summed E-state index contributed by atoms with van der Waals surface area (Å²) in [6.07, 6.45) is 2.99. The highest BCUT2D eigenvalue weighted by atomic mass is 19.1. The Balaban J connectivity index is 1.76. The molecule has 3 aromatic carbocycles. The van der Waals surface area contributed by atoms with E-state index >= 15 is 0 Å². The van der Waals surface area contributed by atoms with Crippen molar-refractivity contribution in [2.75, 3.05) is 6.54 Å². The van der Waals surface area contributed by atoms with Crippen molar-refractivity contribution in [3.8, 4) is 0 Å². The van der Waals surface area contributed by atoms with Crippen LogP contribution >= 0.6 is 0 Å². The van der Waals surface area contributed by atoms with E-state index in [1.165, 1.54) is 24.3 Å². The lowest BCUT2D eigenvalue weighted by molar-refractivity contribution is -0.129. The number of carbonyl (C=O) groups is 2. The van der Waals surface area contributed by atoms with Gasteiger partial charge in [-0.25, -0.2) is 23.0 Å². The van der Waals surface area contributed by atoms with E-state index < -0.39 is 51.8 Å². The summed E-state index contributed by atoms with van der Waals surface area (Å²) in [5.41, 5.74) is -1.58. The second-order valence-electron chi connectivity index (χ2n) is 8.49. The SMILES string of the molecule is O=C(CCCCCCNC(=O)c1ccc(C(O)(c2ccc(F)cc2F)c2ccc(F)cc2F)cc1)NO. The summed E-state index contributed by atoms with van der Waals surface area (Å²) in [7, 11) is 0. The number of hydrogen-bond acceptors (Lipinski definition) is 4. The number of halogens is 4. The van der Waals surface area contributed by atoms with Crippen LogP contribution in [0.25, 0.3) is 0 Å². The third-order valence-corrected chi connectivity index (χ3v) is 5.95. The zero-order valence-corrected chi connectivity index (χ0v) is 19.7. The molecule has 0 saturated heterocycles. The molecule has 0 aliphatic heterocycles. The summed E-state index contributed by atoms with van der Waals surface area (Å²) in [5.74, 6) is -4.92. The highest BCUT2D eigenvalue weighted by molar-refractivity contribution is 5.94. The molecule has 0 atom stereocenters. The number of aliphatic hydroxyl groups is 1. The van der Waals surface area contributed by atoms with E-state index in [1.54, 1.807) is 5.48 Å². The van der Waals surface area contributed by atoms with Crippen LogP contribution in [-0.2, 0) is 10.4 Å². The van der Waals surface area contributed by atoms with Gasteiger partial charge in [0.15, 0.2) is 0 Å². The van der Waals surface area contributed by atoms with Crippen LogP contribution in [0.2, 0.25) is 0 Å². The quantitative estimate of drug-likeness (QED) is 0.0972. The van der Waals surface area contributed by atoms with E-state index in [0.29, 0.717) is 31.5 Å². The Hall–Kier alpha value is -3.76. The van der Waals surface area contributed by atoms with E-state index in [0.717, 1.165) is 37.1 Å². The number of hydroxylamine groups is 1. The summed E-state index contributed by atoms with van der Waals surface area (Å²) in [4.78, 5) is 23.4. The molecule has 0 heterocycles. The van der Waals surface area contributed by atoms with Crippen LogP contribution in [0.15, 0.2) is 60.7 Å². The fraction of sp³-hybridized carbons (Fsp3) is 0.259. The molecule has 10 heteroatoms. The molecule has 0 fully saturated rings. The molecule has 0 aliphatic carbocycles. The van der Waals surface area contributed by atoms with Gasteiger partial charge in [-0.1, -0.05) is 25.0 Å². The molecule has 3 rings (SSSR count). The zero-order valence-electron chi connectivity index (χ0n) is 19.7. The minimum Gasteiger partial charge on any atom is -0.376 e. The monoisotopic (exact) mass is 518 g/mol. The number of benzene rings is 3. The van der Waals surface area contributed by atoms with Gasteiger partial charge < -0.3 is 10.4 Å². The normalized spacial score (nSPS) is 11.3. The lowest BCUT2D eigenvalue weighted by Crippen LogP contribution is -2.32. The van der Waals surface area contributed by atoms with E-state index in [-0.39, 0.29) is 17.5 Å². The number of carbonyl (C=O) groups excluding carboxylic acids is 2. The number of amides is 2. The Morgan fingerprint density at radius 3 is 1.81 bits per heavy atom. The van der Waals surface area contributed by atoms with Crippen molar-refractivity contribution in [2.24, 2.45) is 0 Å². The molecule has 0 aromatic heterocycles. The van der Waals surface area contributed by atoms with Gasteiger partial charge >= 0.3 is 0 Å². The molecule has 2 amide bonds. The molecule has 0 aliphatic rings. The second kappa shape index (κ2) is 12.5. The fourth-order valence-electron chi connectivity index (χ4n) is 4.01. The van der Waals surface area contributed by atoms with Crippen molar-refractivity contribution in [3.63, 3.8) is 0 Å². The summed E-state index contributed by atoms with van der Waals surface area (Å²) in [6.45, 7) is 0.373. The van der Waals surface area contributed by atoms with Crippen LogP contribution in [0, 0.1) is 23.3 Å². The molecular weight excluding hydrogens is 492 g/mol. The first kappa shape index (κ1) is 27.8. The zero-order chi connectivity index (χ0) is 27.0. The summed E-state index contributed by atoms with van der Waals surface area (Å²) in [6, 6.07) is 10.2. The van der Waals surface area contributed by atoms with Gasteiger partial charge in [-0.05, 0) is 54.8 Å². The Kier molecular flexibility index (Phi) is 9.37. The first-order chi connectivity index (χ1) is 17.7. The third kappa shape index (κ3) is 6.72. The minimum absolute atomic E-state index is 0.0213. The van der Waals surface area contributed by atoms with Crippen LogP contribution in [-0.4, -0.2) is 28.7 Å². The Morgan fingerprint density at radius 1 is 0.757 bits per heavy atom. The average molecular weight is 519 g/mol. The Morgan fingerprint density at radius 2 is 1.30 bits per heavy atom. The van der Waals surface area contributed by atoms with Crippen molar-refractivity contribution in [1.29, 1.82) is 0 Å². The number of hydrogen-bond donors (Lipinski definition) is 4. The van der Waals surface area contributed by atoms with Crippen molar-refractivity contribution in [1.82, 2.24) is 10.8 Å². The standard InChI is InChI=1S/C27H26F4N2O4/c28-19-10-12-21(23(30)15-19)27(36,22-13-11-20(29)16-24(22)31)18-8-6-17(7-9-18)26(35)32-14-4-2-1-3-5-25(34)33-37/h6-13,15-16,36-37H,1-5,14H2,(H,32,35)(H,33,34).